The molecule has 1 aromatic rings. The van der Waals surface area contributed by atoms with E-state index in [4.69, 9.17) is 4.74 Å². The first kappa shape index (κ1) is 18.3. The summed E-state index contributed by atoms with van der Waals surface area (Å²) in [4.78, 5) is 15.0. The second-order valence-corrected chi connectivity index (χ2v) is 8.27. The Morgan fingerprint density at radius 1 is 1.24 bits per heavy atom. The molecule has 2 bridgehead atoms. The Balaban J connectivity index is 1.73. The van der Waals surface area contributed by atoms with E-state index in [9.17, 15) is 13.2 Å². The first-order valence-electron chi connectivity index (χ1n) is 8.65. The van der Waals surface area contributed by atoms with Crippen LogP contribution in [0.4, 0.5) is 0 Å². The van der Waals surface area contributed by atoms with Crippen molar-refractivity contribution < 1.29 is 17.9 Å². The fourth-order valence-corrected chi connectivity index (χ4v) is 4.61. The third-order valence-electron chi connectivity index (χ3n) is 4.90. The Morgan fingerprint density at radius 2 is 1.96 bits per heavy atom. The molecule has 7 nitrogen and oxygen atoms in total. The van der Waals surface area contributed by atoms with Crippen LogP contribution in [0, 0.1) is 0 Å². The van der Waals surface area contributed by atoms with Gasteiger partial charge in [-0.1, -0.05) is 0 Å². The van der Waals surface area contributed by atoms with Gasteiger partial charge < -0.3 is 15.0 Å². The fraction of sp³-hybridized carbons (Fsp3) is 0.588. The number of amides is 1. The van der Waals surface area contributed by atoms with Crippen molar-refractivity contribution in [3.05, 3.63) is 29.8 Å². The predicted octanol–water partition coefficient (Wildman–Crippen LogP) is 0.578. The van der Waals surface area contributed by atoms with Crippen LogP contribution in [0.5, 0.6) is 0 Å². The zero-order valence-electron chi connectivity index (χ0n) is 14.4. The van der Waals surface area contributed by atoms with Crippen molar-refractivity contribution in [2.45, 2.75) is 36.2 Å². The maximum absolute atomic E-state index is 12.9. The number of carbonyl (C=O) groups excluding carboxylic acids is 1. The molecule has 2 aliphatic heterocycles. The average Bonchev–Trinajstić information content (AvgIpc) is 2.87. The van der Waals surface area contributed by atoms with Crippen LogP contribution in [-0.2, 0) is 14.8 Å². The van der Waals surface area contributed by atoms with Crippen LogP contribution in [0.2, 0.25) is 0 Å². The second kappa shape index (κ2) is 7.82. The Hall–Kier alpha value is -1.48. The van der Waals surface area contributed by atoms with E-state index in [1.165, 1.54) is 19.2 Å². The third kappa shape index (κ3) is 4.03. The highest BCUT2D eigenvalue weighted by molar-refractivity contribution is 7.89. The summed E-state index contributed by atoms with van der Waals surface area (Å²) < 4.78 is 31.7. The minimum absolute atomic E-state index is 0.00695. The largest absolute Gasteiger partial charge is 0.383 e. The molecule has 0 radical (unpaired) electrons. The molecule has 0 saturated carbocycles. The van der Waals surface area contributed by atoms with Gasteiger partial charge in [0.25, 0.3) is 5.91 Å². The SMILES string of the molecule is COCCNS(=O)(=O)c1ccc(C(=O)N2C3CCNCC2CC3)cc1. The van der Waals surface area contributed by atoms with Crippen LogP contribution in [0.25, 0.3) is 0 Å². The minimum Gasteiger partial charge on any atom is -0.383 e. The Morgan fingerprint density at radius 3 is 2.68 bits per heavy atom. The molecule has 0 spiro atoms. The Labute approximate surface area is 148 Å². The summed E-state index contributed by atoms with van der Waals surface area (Å²) in [5.74, 6) is -0.00695. The number of nitrogens with zero attached hydrogens (tertiary/aromatic N) is 1. The monoisotopic (exact) mass is 367 g/mol. The van der Waals surface area contributed by atoms with Gasteiger partial charge in [0.2, 0.25) is 10.0 Å². The zero-order chi connectivity index (χ0) is 17.9. The first-order valence-corrected chi connectivity index (χ1v) is 10.1. The number of nitrogens with one attached hydrogen (secondary N) is 2. The minimum atomic E-state index is -3.58. The van der Waals surface area contributed by atoms with Gasteiger partial charge in [-0.15, -0.1) is 0 Å². The van der Waals surface area contributed by atoms with Crippen LogP contribution in [0.15, 0.2) is 29.2 Å². The number of hydrogen-bond donors (Lipinski definition) is 2. The van der Waals surface area contributed by atoms with Crippen LogP contribution in [-0.4, -0.2) is 64.7 Å². The molecule has 0 aliphatic carbocycles. The molecule has 25 heavy (non-hydrogen) atoms. The van der Waals surface area contributed by atoms with E-state index >= 15 is 0 Å². The summed E-state index contributed by atoms with van der Waals surface area (Å²) in [5, 5.41) is 3.38. The molecule has 138 valence electrons. The maximum atomic E-state index is 12.9. The van der Waals surface area contributed by atoms with Crippen molar-refractivity contribution in [2.24, 2.45) is 0 Å². The van der Waals surface area contributed by atoms with Gasteiger partial charge in [0.05, 0.1) is 11.5 Å². The highest BCUT2D eigenvalue weighted by Gasteiger charge is 2.38. The molecule has 0 aromatic heterocycles. The Kier molecular flexibility index (Phi) is 5.73. The number of benzene rings is 1. The number of carbonyl (C=O) groups is 1. The van der Waals surface area contributed by atoms with Crippen LogP contribution >= 0.6 is 0 Å². The van der Waals surface area contributed by atoms with Crippen LogP contribution < -0.4 is 10.0 Å². The number of ether oxygens (including phenoxy) is 1. The van der Waals surface area contributed by atoms with Gasteiger partial charge >= 0.3 is 0 Å². The number of methoxy groups -OCH3 is 1. The predicted molar refractivity (Wildman–Crippen MR) is 94.0 cm³/mol. The first-order chi connectivity index (χ1) is 12.0. The van der Waals surface area contributed by atoms with Gasteiger partial charge in [0.1, 0.15) is 0 Å². The van der Waals surface area contributed by atoms with E-state index in [1.807, 2.05) is 4.90 Å². The molecule has 2 heterocycles. The molecular formula is C17H25N3O4S. The molecule has 2 unspecified atom stereocenters. The van der Waals surface area contributed by atoms with E-state index in [1.54, 1.807) is 12.1 Å². The summed E-state index contributed by atoms with van der Waals surface area (Å²) >= 11 is 0. The maximum Gasteiger partial charge on any atom is 0.254 e. The topological polar surface area (TPSA) is 87.7 Å². The van der Waals surface area contributed by atoms with E-state index in [2.05, 4.69) is 10.0 Å². The van der Waals surface area contributed by atoms with Gasteiger partial charge in [-0.3, -0.25) is 4.79 Å². The smallest absolute Gasteiger partial charge is 0.254 e. The van der Waals surface area contributed by atoms with Crippen molar-refractivity contribution >= 4 is 15.9 Å². The fourth-order valence-electron chi connectivity index (χ4n) is 3.60. The van der Waals surface area contributed by atoms with Gasteiger partial charge in [0.15, 0.2) is 0 Å². The lowest BCUT2D eigenvalue weighted by atomic mass is 10.1. The highest BCUT2D eigenvalue weighted by Crippen LogP contribution is 2.29. The molecule has 8 heteroatoms. The molecule has 1 aromatic carbocycles. The van der Waals surface area contributed by atoms with Gasteiger partial charge in [-0.25, -0.2) is 13.1 Å². The third-order valence-corrected chi connectivity index (χ3v) is 6.38. The summed E-state index contributed by atoms with van der Waals surface area (Å²) in [7, 11) is -2.07. The van der Waals surface area contributed by atoms with Gasteiger partial charge in [0, 0.05) is 37.8 Å². The number of rotatable bonds is 6. The van der Waals surface area contributed by atoms with Crippen molar-refractivity contribution in [3.63, 3.8) is 0 Å². The number of hydrogen-bond acceptors (Lipinski definition) is 5. The van der Waals surface area contributed by atoms with Crippen LogP contribution in [0.3, 0.4) is 0 Å². The van der Waals surface area contributed by atoms with E-state index in [0.29, 0.717) is 12.2 Å². The lowest BCUT2D eigenvalue weighted by Crippen LogP contribution is -2.42. The molecule has 2 N–H and O–H groups in total. The molecule has 2 aliphatic rings. The van der Waals surface area contributed by atoms with Crippen molar-refractivity contribution in [2.75, 3.05) is 33.4 Å². The lowest BCUT2D eigenvalue weighted by Gasteiger charge is -2.28. The summed E-state index contributed by atoms with van der Waals surface area (Å²) in [6.45, 7) is 2.29. The molecule has 1 amide bonds. The second-order valence-electron chi connectivity index (χ2n) is 6.51. The summed E-state index contributed by atoms with van der Waals surface area (Å²) in [5.41, 5.74) is 0.537. The van der Waals surface area contributed by atoms with E-state index < -0.39 is 10.0 Å². The summed E-state index contributed by atoms with van der Waals surface area (Å²) in [6, 6.07) is 6.70. The van der Waals surface area contributed by atoms with Crippen molar-refractivity contribution in [1.29, 1.82) is 0 Å². The van der Waals surface area contributed by atoms with Crippen molar-refractivity contribution in [1.82, 2.24) is 14.9 Å². The van der Waals surface area contributed by atoms with Crippen LogP contribution in [0.1, 0.15) is 29.6 Å². The zero-order valence-corrected chi connectivity index (χ0v) is 15.2. The number of sulfonamides is 1. The quantitative estimate of drug-likeness (QED) is 0.718. The standard InChI is InChI=1S/C17H25N3O4S/c1-24-11-10-19-25(22,23)16-6-2-13(3-7-16)17(21)20-14-4-5-15(20)12-18-9-8-14/h2-3,6-7,14-15,18-19H,4-5,8-12H2,1H3. The molecular weight excluding hydrogens is 342 g/mol. The average molecular weight is 367 g/mol. The lowest BCUT2D eigenvalue weighted by molar-refractivity contribution is 0.0680. The van der Waals surface area contributed by atoms with Crippen molar-refractivity contribution in [3.8, 4) is 0 Å². The normalized spacial score (nSPS) is 23.5. The number of fused-ring (bicyclic) bond motifs is 2. The molecule has 2 atom stereocenters. The summed E-state index contributed by atoms with van der Waals surface area (Å²) in [6.07, 6.45) is 3.05. The molecule has 2 saturated heterocycles. The van der Waals surface area contributed by atoms with Gasteiger partial charge in [-0.2, -0.15) is 0 Å². The molecule has 3 rings (SSSR count). The Bertz CT molecular complexity index is 691. The van der Waals surface area contributed by atoms with E-state index in [0.717, 1.165) is 32.4 Å². The highest BCUT2D eigenvalue weighted by atomic mass is 32.2. The molecule has 2 fully saturated rings. The van der Waals surface area contributed by atoms with Gasteiger partial charge in [-0.05, 0) is 50.1 Å². The van der Waals surface area contributed by atoms with E-state index in [-0.39, 0.29) is 29.4 Å².